The van der Waals surface area contributed by atoms with Gasteiger partial charge in [-0.1, -0.05) is 94.9 Å². The van der Waals surface area contributed by atoms with Crippen molar-refractivity contribution in [2.75, 3.05) is 28.2 Å². The second-order valence-corrected chi connectivity index (χ2v) is 14.5. The largest absolute Gasteiger partial charge is 0.465 e. The van der Waals surface area contributed by atoms with E-state index in [4.69, 9.17) is 46.4 Å². The number of benzene rings is 6. The van der Waals surface area contributed by atoms with Crippen molar-refractivity contribution in [2.45, 2.75) is 25.7 Å². The summed E-state index contributed by atoms with van der Waals surface area (Å²) in [4.78, 5) is 27.8. The first-order chi connectivity index (χ1) is 26.5. The molecule has 7 nitrogen and oxygen atoms in total. The molecule has 0 aliphatic heterocycles. The van der Waals surface area contributed by atoms with E-state index in [-0.39, 0.29) is 13.1 Å². The molecule has 0 radical (unpaired) electrons. The van der Waals surface area contributed by atoms with Gasteiger partial charge in [0, 0.05) is 56.4 Å². The van der Waals surface area contributed by atoms with E-state index in [1.165, 1.54) is 9.80 Å². The molecule has 6 rings (SSSR count). The van der Waals surface area contributed by atoms with Crippen molar-refractivity contribution in [1.82, 2.24) is 0 Å². The molecule has 55 heavy (non-hydrogen) atoms. The maximum Gasteiger partial charge on any atom is 0.411 e. The van der Waals surface area contributed by atoms with Crippen molar-refractivity contribution in [3.63, 3.8) is 0 Å². The van der Waals surface area contributed by atoms with Gasteiger partial charge in [0.2, 0.25) is 0 Å². The van der Waals surface area contributed by atoms with Gasteiger partial charge in [-0.2, -0.15) is 0 Å². The van der Waals surface area contributed by atoms with Crippen LogP contribution in [0.25, 0.3) is 0 Å². The molecule has 6 aromatic carbocycles. The standard InChI is InChI=1S/C44H37Cl4N3O4/c1-3-50(43(52)53)39-23-21-35(25-37(39)41(27-5-13-31(45)14-6-27)28-7-15-32(46)16-8-28)49-36-22-24-40(51(4-2)44(54)55)38(26-36)42(29-9-17-33(47)18-10-29)30-11-19-34(48)20-12-30/h5-26,41-42,49H,3-4H2,1-2H3,(H,52,53)(H,54,55). The van der Waals surface area contributed by atoms with Crippen LogP contribution in [0.1, 0.15) is 59.1 Å². The molecule has 280 valence electrons. The van der Waals surface area contributed by atoms with Crippen molar-refractivity contribution in [1.29, 1.82) is 0 Å². The van der Waals surface area contributed by atoms with Gasteiger partial charge in [0.15, 0.2) is 0 Å². The minimum atomic E-state index is -1.08. The Labute approximate surface area is 340 Å². The van der Waals surface area contributed by atoms with E-state index >= 15 is 0 Å². The molecular formula is C44H37Cl4N3O4. The molecule has 2 amide bonds. The molecule has 0 atom stereocenters. The van der Waals surface area contributed by atoms with Crippen molar-refractivity contribution in [2.24, 2.45) is 0 Å². The van der Waals surface area contributed by atoms with E-state index in [1.54, 1.807) is 26.0 Å². The van der Waals surface area contributed by atoms with Crippen LogP contribution in [0.2, 0.25) is 20.1 Å². The lowest BCUT2D eigenvalue weighted by atomic mass is 9.83. The molecule has 0 saturated carbocycles. The predicted molar refractivity (Wildman–Crippen MR) is 226 cm³/mol. The van der Waals surface area contributed by atoms with E-state index in [2.05, 4.69) is 5.32 Å². The highest BCUT2D eigenvalue weighted by molar-refractivity contribution is 6.31. The fraction of sp³-hybridized carbons (Fsp3) is 0.136. The van der Waals surface area contributed by atoms with Crippen molar-refractivity contribution in [3.05, 3.63) is 187 Å². The van der Waals surface area contributed by atoms with Crippen LogP contribution in [0.5, 0.6) is 0 Å². The average Bonchev–Trinajstić information content (AvgIpc) is 3.17. The van der Waals surface area contributed by atoms with Gasteiger partial charge < -0.3 is 15.5 Å². The summed E-state index contributed by atoms with van der Waals surface area (Å²) in [5.74, 6) is -0.795. The highest BCUT2D eigenvalue weighted by Crippen LogP contribution is 2.43. The molecule has 0 fully saturated rings. The van der Waals surface area contributed by atoms with E-state index < -0.39 is 24.0 Å². The van der Waals surface area contributed by atoms with E-state index in [9.17, 15) is 19.8 Å². The third kappa shape index (κ3) is 9.04. The lowest BCUT2D eigenvalue weighted by Crippen LogP contribution is -2.30. The predicted octanol–water partition coefficient (Wildman–Crippen LogP) is 13.4. The quantitative estimate of drug-likeness (QED) is 0.107. The van der Waals surface area contributed by atoms with Gasteiger partial charge in [-0.25, -0.2) is 9.59 Å². The molecule has 0 saturated heterocycles. The number of carboxylic acid groups (broad SMARTS) is 2. The monoisotopic (exact) mass is 811 g/mol. The topological polar surface area (TPSA) is 93.1 Å². The number of hydrogen-bond donors (Lipinski definition) is 3. The Bertz CT molecular complexity index is 2030. The third-order valence-corrected chi connectivity index (χ3v) is 10.5. The maximum absolute atomic E-state index is 12.6. The van der Waals surface area contributed by atoms with Crippen LogP contribution in [-0.4, -0.2) is 35.5 Å². The van der Waals surface area contributed by atoms with Gasteiger partial charge in [0.1, 0.15) is 0 Å². The minimum Gasteiger partial charge on any atom is -0.465 e. The molecule has 0 spiro atoms. The summed E-state index contributed by atoms with van der Waals surface area (Å²) < 4.78 is 0. The Morgan fingerprint density at radius 2 is 0.764 bits per heavy atom. The maximum atomic E-state index is 12.6. The fourth-order valence-corrected chi connectivity index (χ4v) is 7.43. The lowest BCUT2D eigenvalue weighted by Gasteiger charge is -2.28. The Kier molecular flexibility index (Phi) is 12.6. The molecule has 0 heterocycles. The van der Waals surface area contributed by atoms with Crippen LogP contribution in [0.3, 0.4) is 0 Å². The summed E-state index contributed by atoms with van der Waals surface area (Å²) in [5.41, 5.74) is 7.51. The highest BCUT2D eigenvalue weighted by atomic mass is 35.5. The number of nitrogens with zero attached hydrogens (tertiary/aromatic N) is 2. The zero-order chi connectivity index (χ0) is 39.2. The Morgan fingerprint density at radius 1 is 0.491 bits per heavy atom. The minimum absolute atomic E-state index is 0.224. The van der Waals surface area contributed by atoms with Crippen molar-refractivity contribution < 1.29 is 19.8 Å². The molecule has 6 aromatic rings. The van der Waals surface area contributed by atoms with E-state index in [1.807, 2.05) is 121 Å². The van der Waals surface area contributed by atoms with Gasteiger partial charge in [-0.05, 0) is 132 Å². The van der Waals surface area contributed by atoms with Crippen LogP contribution in [0, 0.1) is 0 Å². The van der Waals surface area contributed by atoms with Gasteiger partial charge >= 0.3 is 12.2 Å². The normalized spacial score (nSPS) is 11.1. The summed E-state index contributed by atoms with van der Waals surface area (Å²) in [6.45, 7) is 4.03. The molecular weight excluding hydrogens is 776 g/mol. The zero-order valence-corrected chi connectivity index (χ0v) is 32.9. The molecule has 3 N–H and O–H groups in total. The zero-order valence-electron chi connectivity index (χ0n) is 29.9. The first-order valence-electron chi connectivity index (χ1n) is 17.5. The fourth-order valence-electron chi connectivity index (χ4n) is 6.93. The third-order valence-electron chi connectivity index (χ3n) is 9.45. The number of nitrogens with one attached hydrogen (secondary N) is 1. The molecule has 11 heteroatoms. The van der Waals surface area contributed by atoms with Crippen LogP contribution < -0.4 is 15.1 Å². The van der Waals surface area contributed by atoms with Crippen LogP contribution in [-0.2, 0) is 0 Å². The van der Waals surface area contributed by atoms with Gasteiger partial charge in [0.05, 0.1) is 11.4 Å². The van der Waals surface area contributed by atoms with Gasteiger partial charge in [0.25, 0.3) is 0 Å². The molecule has 0 aromatic heterocycles. The summed E-state index contributed by atoms with van der Waals surface area (Å²) in [5, 5.41) is 26.5. The van der Waals surface area contributed by atoms with Crippen LogP contribution >= 0.6 is 46.4 Å². The second-order valence-electron chi connectivity index (χ2n) is 12.8. The van der Waals surface area contributed by atoms with Crippen molar-refractivity contribution in [3.8, 4) is 0 Å². The van der Waals surface area contributed by atoms with Gasteiger partial charge in [-0.3, -0.25) is 9.80 Å². The number of rotatable bonds is 12. The Morgan fingerprint density at radius 3 is 1.00 bits per heavy atom. The summed E-state index contributed by atoms with van der Waals surface area (Å²) in [7, 11) is 0. The molecule has 0 bridgehead atoms. The number of halogens is 4. The summed E-state index contributed by atoms with van der Waals surface area (Å²) >= 11 is 25.3. The van der Waals surface area contributed by atoms with Crippen LogP contribution in [0.4, 0.5) is 32.3 Å². The summed E-state index contributed by atoms with van der Waals surface area (Å²) in [6.07, 6.45) is -2.16. The second kappa shape index (κ2) is 17.5. The Balaban J connectivity index is 1.54. The molecule has 0 unspecified atom stereocenters. The lowest BCUT2D eigenvalue weighted by molar-refractivity contribution is 0.201. The van der Waals surface area contributed by atoms with Gasteiger partial charge in [-0.15, -0.1) is 0 Å². The van der Waals surface area contributed by atoms with E-state index in [0.717, 1.165) is 33.4 Å². The first-order valence-corrected chi connectivity index (χ1v) is 19.1. The summed E-state index contributed by atoms with van der Waals surface area (Å²) in [6, 6.07) is 41.2. The van der Waals surface area contributed by atoms with E-state index in [0.29, 0.717) is 42.8 Å². The molecule has 0 aliphatic rings. The smallest absolute Gasteiger partial charge is 0.411 e. The SMILES string of the molecule is CCN(C(=O)O)c1ccc(Nc2ccc(N(CC)C(=O)O)c(C(c3ccc(Cl)cc3)c3ccc(Cl)cc3)c2)cc1C(c1ccc(Cl)cc1)c1ccc(Cl)cc1. The average molecular weight is 814 g/mol. The number of amides is 2. The van der Waals surface area contributed by atoms with Crippen LogP contribution in [0.15, 0.2) is 133 Å². The first kappa shape index (κ1) is 39.5. The Hall–Kier alpha value is -5.18. The van der Waals surface area contributed by atoms with Crippen molar-refractivity contribution >= 4 is 81.3 Å². The highest BCUT2D eigenvalue weighted by Gasteiger charge is 2.27. The molecule has 0 aliphatic carbocycles. The number of carbonyl (C=O) groups is 2. The number of hydrogen-bond acceptors (Lipinski definition) is 3. The number of anilines is 4.